The van der Waals surface area contributed by atoms with E-state index in [1.807, 2.05) is 41.1 Å². The molecule has 0 saturated carbocycles. The third-order valence-electron chi connectivity index (χ3n) is 3.63. The summed E-state index contributed by atoms with van der Waals surface area (Å²) in [5.41, 5.74) is 3.71. The van der Waals surface area contributed by atoms with E-state index >= 15 is 0 Å². The molecule has 5 heteroatoms. The van der Waals surface area contributed by atoms with Crippen LogP contribution in [0.3, 0.4) is 0 Å². The van der Waals surface area contributed by atoms with Gasteiger partial charge in [0.1, 0.15) is 5.75 Å². The zero-order valence-corrected chi connectivity index (χ0v) is 14.3. The van der Waals surface area contributed by atoms with Crippen LogP contribution in [0.15, 0.2) is 48.5 Å². The Hall–Kier alpha value is -1.97. The maximum Gasteiger partial charge on any atom is 0.134 e. The summed E-state index contributed by atoms with van der Waals surface area (Å²) in [7, 11) is 0. The van der Waals surface area contributed by atoms with Crippen molar-refractivity contribution in [2.75, 3.05) is 0 Å². The van der Waals surface area contributed by atoms with Crippen molar-refractivity contribution >= 4 is 23.2 Å². The van der Waals surface area contributed by atoms with E-state index in [0.29, 0.717) is 16.0 Å². The number of nitrogens with zero attached hydrogens (tertiary/aromatic N) is 2. The minimum Gasteiger partial charge on any atom is -0.506 e. The van der Waals surface area contributed by atoms with Crippen molar-refractivity contribution < 1.29 is 5.11 Å². The molecular weight excluding hydrogens is 331 g/mol. The first-order valence-corrected chi connectivity index (χ1v) is 8.06. The topological polar surface area (TPSA) is 38.0 Å². The van der Waals surface area contributed by atoms with E-state index in [9.17, 15) is 5.11 Å². The van der Waals surface area contributed by atoms with Gasteiger partial charge in [-0.05, 0) is 54.4 Å². The lowest BCUT2D eigenvalue weighted by molar-refractivity contribution is 0.475. The van der Waals surface area contributed by atoms with Gasteiger partial charge in [-0.1, -0.05) is 37.0 Å². The summed E-state index contributed by atoms with van der Waals surface area (Å²) in [4.78, 5) is 0. The highest BCUT2D eigenvalue weighted by molar-refractivity contribution is 6.32. The van der Waals surface area contributed by atoms with Gasteiger partial charge in [0.2, 0.25) is 0 Å². The zero-order chi connectivity index (χ0) is 16.6. The predicted molar refractivity (Wildman–Crippen MR) is 94.8 cm³/mol. The van der Waals surface area contributed by atoms with Crippen molar-refractivity contribution in [2.24, 2.45) is 0 Å². The monoisotopic (exact) mass is 346 g/mol. The van der Waals surface area contributed by atoms with Crippen molar-refractivity contribution in [1.29, 1.82) is 0 Å². The molecule has 2 aromatic carbocycles. The van der Waals surface area contributed by atoms with Crippen molar-refractivity contribution in [3.05, 3.63) is 64.3 Å². The molecule has 3 rings (SSSR count). The quantitative estimate of drug-likeness (QED) is 0.662. The second-order valence-corrected chi connectivity index (χ2v) is 6.51. The summed E-state index contributed by atoms with van der Waals surface area (Å²) >= 11 is 12.0. The van der Waals surface area contributed by atoms with Crippen LogP contribution in [-0.2, 0) is 0 Å². The Bertz CT molecular complexity index is 839. The number of hydrogen-bond acceptors (Lipinski definition) is 2. The minimum absolute atomic E-state index is 0.0667. The van der Waals surface area contributed by atoms with Gasteiger partial charge in [-0.2, -0.15) is 5.10 Å². The number of aromatic nitrogens is 2. The highest BCUT2D eigenvalue weighted by atomic mass is 35.5. The fraction of sp³-hybridized carbons (Fsp3) is 0.167. The van der Waals surface area contributed by atoms with Crippen LogP contribution in [0.1, 0.15) is 25.5 Å². The van der Waals surface area contributed by atoms with E-state index in [1.54, 1.807) is 12.1 Å². The van der Waals surface area contributed by atoms with Gasteiger partial charge in [0.05, 0.1) is 22.1 Å². The number of aromatic hydroxyl groups is 1. The second kappa shape index (κ2) is 6.26. The van der Waals surface area contributed by atoms with Gasteiger partial charge in [-0.3, -0.25) is 0 Å². The average Bonchev–Trinajstić information content (AvgIpc) is 2.96. The Balaban J connectivity index is 2.18. The molecule has 0 spiro atoms. The molecule has 0 radical (unpaired) electrons. The maximum absolute atomic E-state index is 9.63. The van der Waals surface area contributed by atoms with Crippen LogP contribution in [0.4, 0.5) is 0 Å². The molecule has 0 aliphatic rings. The minimum atomic E-state index is 0.0667. The molecule has 3 aromatic rings. The molecule has 118 valence electrons. The molecule has 0 fully saturated rings. The first kappa shape index (κ1) is 15.9. The van der Waals surface area contributed by atoms with E-state index in [2.05, 4.69) is 13.8 Å². The van der Waals surface area contributed by atoms with Gasteiger partial charge in [0.15, 0.2) is 0 Å². The highest BCUT2D eigenvalue weighted by Gasteiger charge is 2.15. The Kier molecular flexibility index (Phi) is 4.33. The molecule has 1 aromatic heterocycles. The lowest BCUT2D eigenvalue weighted by Gasteiger charge is -2.08. The van der Waals surface area contributed by atoms with E-state index in [1.165, 1.54) is 0 Å². The first-order chi connectivity index (χ1) is 11.0. The Labute approximate surface area is 145 Å². The van der Waals surface area contributed by atoms with Crippen molar-refractivity contribution in [2.45, 2.75) is 19.8 Å². The van der Waals surface area contributed by atoms with Crippen LogP contribution in [0.2, 0.25) is 10.0 Å². The smallest absolute Gasteiger partial charge is 0.134 e. The molecule has 0 atom stereocenters. The number of benzene rings is 2. The molecular formula is C18H16Cl2N2O. The Morgan fingerprint density at radius 3 is 2.30 bits per heavy atom. The van der Waals surface area contributed by atoms with Crippen LogP contribution in [0.5, 0.6) is 5.75 Å². The predicted octanol–water partition coefficient (Wildman–Crippen LogP) is 5.68. The fourth-order valence-corrected chi connectivity index (χ4v) is 2.64. The van der Waals surface area contributed by atoms with Crippen molar-refractivity contribution in [3.63, 3.8) is 0 Å². The highest BCUT2D eigenvalue weighted by Crippen LogP contribution is 2.32. The normalized spacial score (nSPS) is 11.2. The van der Waals surface area contributed by atoms with Gasteiger partial charge in [0.25, 0.3) is 0 Å². The van der Waals surface area contributed by atoms with E-state index in [0.717, 1.165) is 22.6 Å². The molecule has 1 N–H and O–H groups in total. The van der Waals surface area contributed by atoms with E-state index in [-0.39, 0.29) is 5.75 Å². The van der Waals surface area contributed by atoms with Gasteiger partial charge in [-0.15, -0.1) is 0 Å². The number of rotatable bonds is 3. The average molecular weight is 347 g/mol. The zero-order valence-electron chi connectivity index (χ0n) is 12.8. The van der Waals surface area contributed by atoms with E-state index in [4.69, 9.17) is 28.3 Å². The molecule has 0 bridgehead atoms. The molecule has 3 nitrogen and oxygen atoms in total. The number of hydrogen-bond donors (Lipinski definition) is 1. The number of halogens is 2. The van der Waals surface area contributed by atoms with Gasteiger partial charge in [0, 0.05) is 10.6 Å². The molecule has 23 heavy (non-hydrogen) atoms. The third kappa shape index (κ3) is 3.21. The van der Waals surface area contributed by atoms with Crippen LogP contribution in [0.25, 0.3) is 16.9 Å². The van der Waals surface area contributed by atoms with Crippen LogP contribution < -0.4 is 0 Å². The Morgan fingerprint density at radius 1 is 1.00 bits per heavy atom. The molecule has 1 heterocycles. The first-order valence-electron chi connectivity index (χ1n) is 7.30. The largest absolute Gasteiger partial charge is 0.506 e. The SMILES string of the molecule is CC(C)c1cc(-c2ccc(O)c(Cl)c2)n(-c2ccc(Cl)cc2)n1. The van der Waals surface area contributed by atoms with Crippen molar-refractivity contribution in [1.82, 2.24) is 9.78 Å². The third-order valence-corrected chi connectivity index (χ3v) is 4.19. The molecule has 0 amide bonds. The fourth-order valence-electron chi connectivity index (χ4n) is 2.33. The summed E-state index contributed by atoms with van der Waals surface area (Å²) in [6, 6.07) is 14.7. The lowest BCUT2D eigenvalue weighted by atomic mass is 10.1. The number of phenolic OH excluding ortho intramolecular Hbond substituents is 1. The summed E-state index contributed by atoms with van der Waals surface area (Å²) < 4.78 is 1.87. The summed E-state index contributed by atoms with van der Waals surface area (Å²) in [6.07, 6.45) is 0. The molecule has 0 aliphatic heterocycles. The molecule has 0 saturated heterocycles. The van der Waals surface area contributed by atoms with Gasteiger partial charge < -0.3 is 5.11 Å². The van der Waals surface area contributed by atoms with Crippen LogP contribution in [0, 0.1) is 0 Å². The summed E-state index contributed by atoms with van der Waals surface area (Å²) in [5.74, 6) is 0.368. The van der Waals surface area contributed by atoms with Gasteiger partial charge in [-0.25, -0.2) is 4.68 Å². The second-order valence-electron chi connectivity index (χ2n) is 5.66. The standard InChI is InChI=1S/C18H16Cl2N2O/c1-11(2)16-10-17(12-3-8-18(23)15(20)9-12)22(21-16)14-6-4-13(19)5-7-14/h3-11,23H,1-2H3. The summed E-state index contributed by atoms with van der Waals surface area (Å²) in [5, 5.41) is 15.3. The molecule has 0 aliphatic carbocycles. The molecule has 0 unspecified atom stereocenters. The number of phenols is 1. The summed E-state index contributed by atoms with van der Waals surface area (Å²) in [6.45, 7) is 4.20. The van der Waals surface area contributed by atoms with E-state index < -0.39 is 0 Å². The van der Waals surface area contributed by atoms with Crippen LogP contribution in [-0.4, -0.2) is 14.9 Å². The van der Waals surface area contributed by atoms with Crippen LogP contribution >= 0.6 is 23.2 Å². The van der Waals surface area contributed by atoms with Crippen molar-refractivity contribution in [3.8, 4) is 22.7 Å². The van der Waals surface area contributed by atoms with Gasteiger partial charge >= 0.3 is 0 Å². The lowest BCUT2D eigenvalue weighted by Crippen LogP contribution is -2.00. The Morgan fingerprint density at radius 2 is 1.70 bits per heavy atom. The maximum atomic E-state index is 9.63.